The minimum atomic E-state index is -4.28. The zero-order chi connectivity index (χ0) is 16.9. The third-order valence-corrected chi connectivity index (χ3v) is 5.14. The van der Waals surface area contributed by atoms with E-state index < -0.39 is 10.3 Å². The predicted octanol–water partition coefficient (Wildman–Crippen LogP) is 3.75. The number of nitrogens with one attached hydrogen (secondary N) is 1. The first-order valence-electron chi connectivity index (χ1n) is 7.59. The first-order valence-corrected chi connectivity index (χ1v) is 9.03. The van der Waals surface area contributed by atoms with Crippen LogP contribution in [-0.2, 0) is 10.3 Å². The van der Waals surface area contributed by atoms with E-state index in [1.165, 1.54) is 0 Å². The SMILES string of the molecule is CC(C)c1cc2c(cc1NS(=O)(=O)O)C(C)CC(C)(C)N2C. The van der Waals surface area contributed by atoms with Crippen molar-refractivity contribution in [2.45, 2.75) is 58.4 Å². The molecule has 22 heavy (non-hydrogen) atoms. The van der Waals surface area contributed by atoms with Crippen molar-refractivity contribution >= 4 is 21.7 Å². The Morgan fingerprint density at radius 3 is 2.45 bits per heavy atom. The van der Waals surface area contributed by atoms with Gasteiger partial charge >= 0.3 is 10.3 Å². The summed E-state index contributed by atoms with van der Waals surface area (Å²) in [5.41, 5.74) is 3.65. The lowest BCUT2D eigenvalue weighted by molar-refractivity contribution is 0.395. The van der Waals surface area contributed by atoms with Gasteiger partial charge in [0.25, 0.3) is 0 Å². The van der Waals surface area contributed by atoms with E-state index in [1.54, 1.807) is 0 Å². The summed E-state index contributed by atoms with van der Waals surface area (Å²) in [6.07, 6.45) is 0.989. The molecule has 1 aromatic rings. The summed E-state index contributed by atoms with van der Waals surface area (Å²) in [6.45, 7) is 10.6. The van der Waals surface area contributed by atoms with Gasteiger partial charge in [0.05, 0.1) is 5.69 Å². The maximum atomic E-state index is 11.2. The maximum absolute atomic E-state index is 11.2. The molecule has 0 aromatic heterocycles. The molecule has 0 amide bonds. The molecule has 2 N–H and O–H groups in total. The zero-order valence-electron chi connectivity index (χ0n) is 14.1. The van der Waals surface area contributed by atoms with Crippen molar-refractivity contribution in [2.24, 2.45) is 0 Å². The molecule has 0 bridgehead atoms. The molecule has 1 aliphatic rings. The number of rotatable bonds is 3. The predicted molar refractivity (Wildman–Crippen MR) is 91.2 cm³/mol. The monoisotopic (exact) mass is 326 g/mol. The molecule has 5 nitrogen and oxygen atoms in total. The number of hydrogen-bond acceptors (Lipinski definition) is 3. The highest BCUT2D eigenvalue weighted by atomic mass is 32.2. The van der Waals surface area contributed by atoms with Gasteiger partial charge in [-0.15, -0.1) is 0 Å². The molecule has 0 saturated heterocycles. The summed E-state index contributed by atoms with van der Waals surface area (Å²) in [5, 5.41) is 0. The quantitative estimate of drug-likeness (QED) is 0.830. The highest BCUT2D eigenvalue weighted by Gasteiger charge is 2.35. The summed E-state index contributed by atoms with van der Waals surface area (Å²) in [5.74, 6) is 0.465. The molecular weight excluding hydrogens is 300 g/mol. The molecule has 1 atom stereocenters. The Morgan fingerprint density at radius 1 is 1.36 bits per heavy atom. The van der Waals surface area contributed by atoms with Crippen molar-refractivity contribution in [2.75, 3.05) is 16.7 Å². The molecule has 1 aromatic carbocycles. The highest BCUT2D eigenvalue weighted by Crippen LogP contribution is 2.45. The average Bonchev–Trinajstić information content (AvgIpc) is 2.33. The van der Waals surface area contributed by atoms with E-state index in [1.807, 2.05) is 26.0 Å². The van der Waals surface area contributed by atoms with Crippen LogP contribution in [0.15, 0.2) is 12.1 Å². The summed E-state index contributed by atoms with van der Waals surface area (Å²) in [4.78, 5) is 2.26. The van der Waals surface area contributed by atoms with Crippen LogP contribution in [-0.4, -0.2) is 25.6 Å². The fourth-order valence-corrected chi connectivity index (χ4v) is 3.79. The summed E-state index contributed by atoms with van der Waals surface area (Å²) < 4.78 is 33.8. The third kappa shape index (κ3) is 3.22. The van der Waals surface area contributed by atoms with Gasteiger partial charge in [-0.1, -0.05) is 20.8 Å². The molecule has 0 fully saturated rings. The largest absolute Gasteiger partial charge is 0.369 e. The van der Waals surface area contributed by atoms with Crippen LogP contribution in [0.2, 0.25) is 0 Å². The van der Waals surface area contributed by atoms with E-state index in [4.69, 9.17) is 4.55 Å². The number of anilines is 2. The Kier molecular flexibility index (Phi) is 4.21. The standard InChI is InChI=1S/C16H26N2O3S/c1-10(2)12-8-15-13(7-14(12)17-22(19,20)21)11(3)9-16(4,5)18(15)6/h7-8,10-11,17H,9H2,1-6H3,(H,19,20,21). The maximum Gasteiger partial charge on any atom is 0.357 e. The van der Waals surface area contributed by atoms with Gasteiger partial charge in [-0.2, -0.15) is 8.42 Å². The number of benzene rings is 1. The lowest BCUT2D eigenvalue weighted by atomic mass is 9.79. The van der Waals surface area contributed by atoms with E-state index in [9.17, 15) is 8.42 Å². The Balaban J connectivity index is 2.64. The van der Waals surface area contributed by atoms with Crippen molar-refractivity contribution in [3.8, 4) is 0 Å². The lowest BCUT2D eigenvalue weighted by Gasteiger charge is -2.46. The molecule has 124 valence electrons. The number of nitrogens with zero attached hydrogens (tertiary/aromatic N) is 1. The normalized spacial score (nSPS) is 20.9. The molecular formula is C16H26N2O3S. The van der Waals surface area contributed by atoms with Crippen LogP contribution in [0.25, 0.3) is 0 Å². The Morgan fingerprint density at radius 2 is 1.95 bits per heavy atom. The first kappa shape index (κ1) is 17.1. The van der Waals surface area contributed by atoms with Crippen LogP contribution in [0, 0.1) is 0 Å². The van der Waals surface area contributed by atoms with Crippen molar-refractivity contribution in [3.05, 3.63) is 23.3 Å². The highest BCUT2D eigenvalue weighted by molar-refractivity contribution is 7.87. The van der Waals surface area contributed by atoms with E-state index >= 15 is 0 Å². The second kappa shape index (κ2) is 5.42. The van der Waals surface area contributed by atoms with Gasteiger partial charge in [0.2, 0.25) is 0 Å². The van der Waals surface area contributed by atoms with Gasteiger partial charge in [0.1, 0.15) is 0 Å². The van der Waals surface area contributed by atoms with Crippen LogP contribution in [0.5, 0.6) is 0 Å². The van der Waals surface area contributed by atoms with Crippen LogP contribution in [0.4, 0.5) is 11.4 Å². The third-order valence-electron chi connectivity index (χ3n) is 4.67. The van der Waals surface area contributed by atoms with Crippen molar-refractivity contribution in [3.63, 3.8) is 0 Å². The Labute approximate surface area is 133 Å². The number of hydrogen-bond donors (Lipinski definition) is 2. The first-order chi connectivity index (χ1) is 9.92. The van der Waals surface area contributed by atoms with Crippen LogP contribution in [0.1, 0.15) is 64.0 Å². The molecule has 0 spiro atoms. The van der Waals surface area contributed by atoms with Crippen molar-refractivity contribution in [1.29, 1.82) is 0 Å². The molecule has 1 aliphatic heterocycles. The lowest BCUT2D eigenvalue weighted by Crippen LogP contribution is -2.45. The summed E-state index contributed by atoms with van der Waals surface area (Å²) in [6, 6.07) is 3.92. The molecule has 2 rings (SSSR count). The van der Waals surface area contributed by atoms with E-state index in [-0.39, 0.29) is 11.5 Å². The topological polar surface area (TPSA) is 69.6 Å². The van der Waals surface area contributed by atoms with Gasteiger partial charge < -0.3 is 4.90 Å². The van der Waals surface area contributed by atoms with E-state index in [2.05, 4.69) is 37.4 Å². The fourth-order valence-electron chi connectivity index (χ4n) is 3.33. The molecule has 6 heteroatoms. The molecule has 0 saturated carbocycles. The molecule has 1 unspecified atom stereocenters. The molecule has 0 aliphatic carbocycles. The van der Waals surface area contributed by atoms with Crippen LogP contribution in [0.3, 0.4) is 0 Å². The second-order valence-electron chi connectivity index (χ2n) is 7.21. The molecule has 1 heterocycles. The van der Waals surface area contributed by atoms with Gasteiger partial charge in [0, 0.05) is 18.3 Å². The van der Waals surface area contributed by atoms with Gasteiger partial charge in [-0.3, -0.25) is 9.27 Å². The smallest absolute Gasteiger partial charge is 0.357 e. The van der Waals surface area contributed by atoms with Gasteiger partial charge in [0.15, 0.2) is 0 Å². The zero-order valence-corrected chi connectivity index (χ0v) is 15.0. The van der Waals surface area contributed by atoms with Crippen LogP contribution >= 0.6 is 0 Å². The summed E-state index contributed by atoms with van der Waals surface area (Å²) >= 11 is 0. The van der Waals surface area contributed by atoms with E-state index in [0.717, 1.165) is 23.2 Å². The van der Waals surface area contributed by atoms with Gasteiger partial charge in [-0.25, -0.2) is 0 Å². The number of fused-ring (bicyclic) bond motifs is 1. The Bertz CT molecular complexity index is 681. The average molecular weight is 326 g/mol. The van der Waals surface area contributed by atoms with Crippen LogP contribution < -0.4 is 9.62 Å². The second-order valence-corrected chi connectivity index (χ2v) is 8.36. The minimum Gasteiger partial charge on any atom is -0.369 e. The van der Waals surface area contributed by atoms with Crippen molar-refractivity contribution < 1.29 is 13.0 Å². The fraction of sp³-hybridized carbons (Fsp3) is 0.625. The Hall–Kier alpha value is -1.27. The minimum absolute atomic E-state index is 0.0542. The van der Waals surface area contributed by atoms with Crippen molar-refractivity contribution in [1.82, 2.24) is 0 Å². The van der Waals surface area contributed by atoms with Gasteiger partial charge in [-0.05, 0) is 55.4 Å². The summed E-state index contributed by atoms with van der Waals surface area (Å²) in [7, 11) is -2.20. The molecule has 0 radical (unpaired) electrons. The van der Waals surface area contributed by atoms with E-state index in [0.29, 0.717) is 11.6 Å².